The molecule has 6 nitrogen and oxygen atoms in total. The third-order valence-electron chi connectivity index (χ3n) is 5.77. The molecule has 0 saturated heterocycles. The standard InChI is InChI=1S/C28H46O6/c1-5-7-19-32-25(33-20-8-6-2)21-34-28(31)24-18-14-17-23(26(24)27(29)30)16-13-11-9-10-12-15-22(3)4/h14,17-18,22,25H,5-13,15-16,19-21H2,1-4H3,(H,29,30). The lowest BCUT2D eigenvalue weighted by Gasteiger charge is -2.19. The van der Waals surface area contributed by atoms with Gasteiger partial charge in [0.25, 0.3) is 0 Å². The summed E-state index contributed by atoms with van der Waals surface area (Å²) in [4.78, 5) is 24.8. The second-order valence-corrected chi connectivity index (χ2v) is 9.32. The van der Waals surface area contributed by atoms with Gasteiger partial charge in [0.2, 0.25) is 0 Å². The quantitative estimate of drug-likeness (QED) is 0.123. The van der Waals surface area contributed by atoms with Crippen LogP contribution >= 0.6 is 0 Å². The van der Waals surface area contributed by atoms with Gasteiger partial charge in [0.15, 0.2) is 6.29 Å². The number of carboxylic acid groups (broad SMARTS) is 1. The third kappa shape index (κ3) is 12.5. The number of aromatic carboxylic acids is 1. The smallest absolute Gasteiger partial charge is 0.339 e. The molecule has 0 heterocycles. The molecule has 0 aliphatic carbocycles. The number of carboxylic acids is 1. The molecule has 1 N–H and O–H groups in total. The fourth-order valence-corrected chi connectivity index (χ4v) is 3.71. The van der Waals surface area contributed by atoms with E-state index in [-0.39, 0.29) is 17.7 Å². The fourth-order valence-electron chi connectivity index (χ4n) is 3.71. The molecule has 0 saturated carbocycles. The van der Waals surface area contributed by atoms with Gasteiger partial charge in [-0.1, -0.05) is 84.8 Å². The summed E-state index contributed by atoms with van der Waals surface area (Å²) >= 11 is 0. The second kappa shape index (κ2) is 18.4. The van der Waals surface area contributed by atoms with Gasteiger partial charge in [0.05, 0.1) is 11.1 Å². The number of unbranched alkanes of at least 4 members (excludes halogenated alkanes) is 6. The average molecular weight is 479 g/mol. The molecule has 6 heteroatoms. The number of rotatable bonds is 20. The molecule has 194 valence electrons. The van der Waals surface area contributed by atoms with Gasteiger partial charge < -0.3 is 19.3 Å². The largest absolute Gasteiger partial charge is 0.478 e. The molecule has 1 rings (SSSR count). The molecule has 34 heavy (non-hydrogen) atoms. The molecule has 0 atom stereocenters. The van der Waals surface area contributed by atoms with Crippen molar-refractivity contribution in [1.82, 2.24) is 0 Å². The van der Waals surface area contributed by atoms with E-state index in [2.05, 4.69) is 27.7 Å². The zero-order valence-electron chi connectivity index (χ0n) is 21.8. The van der Waals surface area contributed by atoms with E-state index in [4.69, 9.17) is 14.2 Å². The summed E-state index contributed by atoms with van der Waals surface area (Å²) in [5.41, 5.74) is 0.810. The minimum absolute atomic E-state index is 0.0441. The lowest BCUT2D eigenvalue weighted by atomic mass is 9.96. The fraction of sp³-hybridized carbons (Fsp3) is 0.714. The van der Waals surface area contributed by atoms with Gasteiger partial charge in [-0.3, -0.25) is 0 Å². The molecule has 0 aliphatic rings. The van der Waals surface area contributed by atoms with Crippen LogP contribution < -0.4 is 0 Å². The molecule has 0 amide bonds. The Morgan fingerprint density at radius 1 is 0.882 bits per heavy atom. The Balaban J connectivity index is 2.69. The Bertz CT molecular complexity index is 690. The van der Waals surface area contributed by atoms with Crippen molar-refractivity contribution in [3.05, 3.63) is 34.9 Å². The van der Waals surface area contributed by atoms with E-state index in [1.807, 2.05) is 0 Å². The first-order chi connectivity index (χ1) is 16.4. The van der Waals surface area contributed by atoms with Crippen LogP contribution in [-0.4, -0.2) is 43.2 Å². The van der Waals surface area contributed by atoms with E-state index in [1.165, 1.54) is 25.3 Å². The minimum atomic E-state index is -1.10. The molecular weight excluding hydrogens is 432 g/mol. The maximum Gasteiger partial charge on any atom is 0.339 e. The Labute approximate surface area is 206 Å². The minimum Gasteiger partial charge on any atom is -0.478 e. The first-order valence-corrected chi connectivity index (χ1v) is 13.2. The molecule has 1 aromatic carbocycles. The van der Waals surface area contributed by atoms with Gasteiger partial charge in [-0.25, -0.2) is 9.59 Å². The highest BCUT2D eigenvalue weighted by Gasteiger charge is 2.22. The highest BCUT2D eigenvalue weighted by molar-refractivity contribution is 6.03. The second-order valence-electron chi connectivity index (χ2n) is 9.32. The van der Waals surface area contributed by atoms with E-state index in [1.54, 1.807) is 12.1 Å². The van der Waals surface area contributed by atoms with Crippen molar-refractivity contribution < 1.29 is 28.9 Å². The van der Waals surface area contributed by atoms with Gasteiger partial charge in [0, 0.05) is 13.2 Å². The van der Waals surface area contributed by atoms with Crippen LogP contribution in [0.15, 0.2) is 18.2 Å². The Morgan fingerprint density at radius 2 is 1.50 bits per heavy atom. The SMILES string of the molecule is CCCCOC(COC(=O)c1cccc(CCCCCCCC(C)C)c1C(=O)O)OCCCC. The van der Waals surface area contributed by atoms with Crippen LogP contribution in [0.2, 0.25) is 0 Å². The third-order valence-corrected chi connectivity index (χ3v) is 5.77. The van der Waals surface area contributed by atoms with E-state index < -0.39 is 18.2 Å². The number of esters is 1. The number of benzene rings is 1. The van der Waals surface area contributed by atoms with Crippen LogP contribution in [0.1, 0.15) is 118 Å². The van der Waals surface area contributed by atoms with Crippen molar-refractivity contribution in [3.8, 4) is 0 Å². The van der Waals surface area contributed by atoms with E-state index in [0.717, 1.165) is 50.9 Å². The van der Waals surface area contributed by atoms with Gasteiger partial charge in [-0.05, 0) is 43.2 Å². The van der Waals surface area contributed by atoms with E-state index in [9.17, 15) is 14.7 Å². The topological polar surface area (TPSA) is 82.1 Å². The highest BCUT2D eigenvalue weighted by atomic mass is 16.7. The summed E-state index contributed by atoms with van der Waals surface area (Å²) < 4.78 is 16.8. The van der Waals surface area contributed by atoms with E-state index >= 15 is 0 Å². The van der Waals surface area contributed by atoms with Crippen molar-refractivity contribution in [1.29, 1.82) is 0 Å². The van der Waals surface area contributed by atoms with Crippen molar-refractivity contribution >= 4 is 11.9 Å². The Hall–Kier alpha value is -1.92. The summed E-state index contributed by atoms with van der Waals surface area (Å²) in [6.07, 6.45) is 10.6. The maximum absolute atomic E-state index is 12.8. The lowest BCUT2D eigenvalue weighted by molar-refractivity contribution is -0.164. The van der Waals surface area contributed by atoms with Crippen molar-refractivity contribution in [2.75, 3.05) is 19.8 Å². The summed E-state index contributed by atoms with van der Waals surface area (Å²) in [5, 5.41) is 9.83. The molecule has 0 spiro atoms. The normalized spacial score (nSPS) is 11.4. The molecule has 0 aliphatic heterocycles. The Morgan fingerprint density at radius 3 is 2.09 bits per heavy atom. The molecular formula is C28H46O6. The zero-order valence-corrected chi connectivity index (χ0v) is 21.8. The summed E-state index contributed by atoms with van der Waals surface area (Å²) in [7, 11) is 0. The van der Waals surface area contributed by atoms with Crippen molar-refractivity contribution in [2.45, 2.75) is 105 Å². The molecule has 0 fully saturated rings. The Kier molecular flexibility index (Phi) is 16.3. The van der Waals surface area contributed by atoms with Crippen LogP contribution in [-0.2, 0) is 20.6 Å². The molecule has 0 bridgehead atoms. The molecule has 0 unspecified atom stereocenters. The average Bonchev–Trinajstić information content (AvgIpc) is 2.81. The number of hydrogen-bond acceptors (Lipinski definition) is 5. The van der Waals surface area contributed by atoms with Gasteiger partial charge >= 0.3 is 11.9 Å². The number of ether oxygens (including phenoxy) is 3. The first-order valence-electron chi connectivity index (χ1n) is 13.2. The van der Waals surface area contributed by atoms with Gasteiger partial charge in [-0.2, -0.15) is 0 Å². The number of hydrogen-bond donors (Lipinski definition) is 1. The maximum atomic E-state index is 12.8. The van der Waals surface area contributed by atoms with Crippen LogP contribution in [0.3, 0.4) is 0 Å². The molecule has 1 aromatic rings. The monoisotopic (exact) mass is 478 g/mol. The summed E-state index contributed by atoms with van der Waals surface area (Å²) in [6.45, 7) is 9.62. The number of carbonyl (C=O) groups excluding carboxylic acids is 1. The summed E-state index contributed by atoms with van der Waals surface area (Å²) in [6, 6.07) is 5.05. The predicted molar refractivity (Wildman–Crippen MR) is 135 cm³/mol. The van der Waals surface area contributed by atoms with Crippen molar-refractivity contribution in [2.24, 2.45) is 5.92 Å². The summed E-state index contributed by atoms with van der Waals surface area (Å²) in [5.74, 6) is -1.02. The van der Waals surface area contributed by atoms with Crippen LogP contribution in [0.25, 0.3) is 0 Å². The van der Waals surface area contributed by atoms with Crippen LogP contribution in [0.4, 0.5) is 0 Å². The first kappa shape index (κ1) is 30.1. The van der Waals surface area contributed by atoms with Crippen LogP contribution in [0, 0.1) is 5.92 Å². The molecule has 0 radical (unpaired) electrons. The van der Waals surface area contributed by atoms with Crippen molar-refractivity contribution in [3.63, 3.8) is 0 Å². The van der Waals surface area contributed by atoms with Crippen LogP contribution in [0.5, 0.6) is 0 Å². The predicted octanol–water partition coefficient (Wildman–Crippen LogP) is 7.04. The number of carbonyl (C=O) groups is 2. The number of aryl methyl sites for hydroxylation is 1. The van der Waals surface area contributed by atoms with E-state index in [0.29, 0.717) is 25.2 Å². The highest BCUT2D eigenvalue weighted by Crippen LogP contribution is 2.20. The van der Waals surface area contributed by atoms with Gasteiger partial charge in [0.1, 0.15) is 6.61 Å². The lowest BCUT2D eigenvalue weighted by Crippen LogP contribution is -2.27. The zero-order chi connectivity index (χ0) is 25.2. The molecule has 0 aromatic heterocycles. The van der Waals surface area contributed by atoms with Gasteiger partial charge in [-0.15, -0.1) is 0 Å².